The van der Waals surface area contributed by atoms with Gasteiger partial charge < -0.3 is 18.1 Å². The number of para-hydroxylation sites is 1. The highest BCUT2D eigenvalue weighted by Gasteiger charge is 2.23. The van der Waals surface area contributed by atoms with Crippen LogP contribution in [0.2, 0.25) is 0 Å². The molecule has 4 aromatic rings. The second-order valence-electron chi connectivity index (χ2n) is 6.37. The van der Waals surface area contributed by atoms with Gasteiger partial charge in [0.15, 0.2) is 11.3 Å². The highest BCUT2D eigenvalue weighted by atomic mass is 16.5. The van der Waals surface area contributed by atoms with E-state index in [1.54, 1.807) is 16.7 Å². The number of carbonyl (C=O) groups is 1. The van der Waals surface area contributed by atoms with E-state index in [0.717, 1.165) is 30.0 Å². The number of furan rings is 1. The molecule has 0 bridgehead atoms. The summed E-state index contributed by atoms with van der Waals surface area (Å²) in [5.74, 6) is -0.950. The van der Waals surface area contributed by atoms with Crippen molar-refractivity contribution < 1.29 is 18.4 Å². The van der Waals surface area contributed by atoms with Crippen LogP contribution in [0.4, 0.5) is 0 Å². The van der Waals surface area contributed by atoms with Crippen LogP contribution < -0.4 is 15.9 Å². The molecule has 0 aliphatic carbocycles. The number of hydrogen-bond donors (Lipinski definition) is 0. The Morgan fingerprint density at radius 2 is 2.04 bits per heavy atom. The minimum absolute atomic E-state index is 0.0269. The molecule has 0 spiro atoms. The topological polar surface area (TPSA) is 91.7 Å². The van der Waals surface area contributed by atoms with Crippen LogP contribution in [-0.4, -0.2) is 10.5 Å². The Balaban J connectivity index is 1.84. The lowest BCUT2D eigenvalue weighted by atomic mass is 10.00. The zero-order chi connectivity index (χ0) is 18.5. The van der Waals surface area contributed by atoms with Gasteiger partial charge in [0.1, 0.15) is 5.39 Å². The van der Waals surface area contributed by atoms with E-state index in [1.807, 2.05) is 12.1 Å². The average Bonchev–Trinajstić information content (AvgIpc) is 3.20. The van der Waals surface area contributed by atoms with Crippen LogP contribution >= 0.6 is 0 Å². The molecule has 0 atom stereocenters. The zero-order valence-electron chi connectivity index (χ0n) is 14.1. The van der Waals surface area contributed by atoms with E-state index in [9.17, 15) is 14.4 Å². The summed E-state index contributed by atoms with van der Waals surface area (Å²) in [4.78, 5) is 37.5. The van der Waals surface area contributed by atoms with Gasteiger partial charge in [-0.15, -0.1) is 0 Å². The van der Waals surface area contributed by atoms with Gasteiger partial charge in [-0.25, -0.2) is 9.59 Å². The van der Waals surface area contributed by atoms with Crippen molar-refractivity contribution in [1.82, 2.24) is 4.57 Å². The number of ether oxygens (including phenoxy) is 1. The summed E-state index contributed by atoms with van der Waals surface area (Å²) in [5.41, 5.74) is 0.864. The van der Waals surface area contributed by atoms with Gasteiger partial charge in [0.25, 0.3) is 5.56 Å². The lowest BCUT2D eigenvalue weighted by molar-refractivity contribution is 0.0703. The predicted octanol–water partition coefficient (Wildman–Crippen LogP) is 2.87. The molecule has 0 saturated heterocycles. The summed E-state index contributed by atoms with van der Waals surface area (Å²) in [6.45, 7) is 0.549. The maximum atomic E-state index is 13.1. The van der Waals surface area contributed by atoms with Crippen molar-refractivity contribution in [2.75, 3.05) is 0 Å². The normalized spacial score (nSPS) is 13.2. The van der Waals surface area contributed by atoms with E-state index >= 15 is 0 Å². The zero-order valence-corrected chi connectivity index (χ0v) is 14.1. The molecule has 0 unspecified atom stereocenters. The van der Waals surface area contributed by atoms with Gasteiger partial charge in [-0.3, -0.25) is 4.79 Å². The van der Waals surface area contributed by atoms with Gasteiger partial charge >= 0.3 is 11.6 Å². The molecule has 0 saturated carbocycles. The lowest BCUT2D eigenvalue weighted by Crippen LogP contribution is -2.26. The number of hydrogen-bond acceptors (Lipinski definition) is 6. The van der Waals surface area contributed by atoms with Crippen molar-refractivity contribution in [3.8, 4) is 5.75 Å². The molecule has 1 aliphatic rings. The Morgan fingerprint density at radius 3 is 2.85 bits per heavy atom. The number of esters is 1. The molecule has 1 aliphatic heterocycles. The summed E-state index contributed by atoms with van der Waals surface area (Å²) in [7, 11) is 0. The minimum atomic E-state index is -0.793. The van der Waals surface area contributed by atoms with Gasteiger partial charge in [0, 0.05) is 11.9 Å². The Kier molecular flexibility index (Phi) is 3.30. The lowest BCUT2D eigenvalue weighted by Gasteiger charge is -2.20. The van der Waals surface area contributed by atoms with Crippen LogP contribution in [0.5, 0.6) is 5.75 Å². The summed E-state index contributed by atoms with van der Waals surface area (Å²) in [6.07, 6.45) is 3.01. The third kappa shape index (κ3) is 2.32. The number of rotatable bonds is 2. The second-order valence-corrected chi connectivity index (χ2v) is 6.37. The summed E-state index contributed by atoms with van der Waals surface area (Å²) >= 11 is 0. The van der Waals surface area contributed by atoms with Gasteiger partial charge in [0.05, 0.1) is 17.8 Å². The van der Waals surface area contributed by atoms with Crippen molar-refractivity contribution in [1.29, 1.82) is 0 Å². The van der Waals surface area contributed by atoms with E-state index in [0.29, 0.717) is 11.9 Å². The van der Waals surface area contributed by atoms with E-state index in [4.69, 9.17) is 13.6 Å². The maximum Gasteiger partial charge on any atom is 0.379 e. The molecule has 0 amide bonds. The monoisotopic (exact) mass is 363 g/mol. The molecule has 27 heavy (non-hydrogen) atoms. The van der Waals surface area contributed by atoms with Crippen molar-refractivity contribution >= 4 is 27.8 Å². The fourth-order valence-corrected chi connectivity index (χ4v) is 3.66. The molecule has 7 nitrogen and oxygen atoms in total. The average molecular weight is 363 g/mol. The Bertz CT molecular complexity index is 1330. The number of aryl methyl sites for hydroxylation is 2. The van der Waals surface area contributed by atoms with Crippen molar-refractivity contribution in [2.45, 2.75) is 19.4 Å². The molecule has 4 heterocycles. The Labute approximate surface area is 151 Å². The molecule has 0 N–H and O–H groups in total. The fraction of sp³-hybridized carbons (Fsp3) is 0.150. The van der Waals surface area contributed by atoms with Crippen LogP contribution in [0.1, 0.15) is 22.5 Å². The number of benzene rings is 1. The Hall–Kier alpha value is -3.61. The highest BCUT2D eigenvalue weighted by Crippen LogP contribution is 2.32. The molecule has 7 heteroatoms. The number of fused-ring (bicyclic) bond motifs is 2. The molecular formula is C20H13NO6. The van der Waals surface area contributed by atoms with Gasteiger partial charge in [-0.1, -0.05) is 12.1 Å². The van der Waals surface area contributed by atoms with Crippen LogP contribution in [0.15, 0.2) is 61.1 Å². The number of aromatic nitrogens is 1. The number of carbonyl (C=O) groups excluding carboxylic acids is 1. The summed E-state index contributed by atoms with van der Waals surface area (Å²) < 4.78 is 17.4. The third-order valence-corrected chi connectivity index (χ3v) is 4.77. The van der Waals surface area contributed by atoms with Crippen LogP contribution in [-0.2, 0) is 13.0 Å². The Morgan fingerprint density at radius 1 is 1.15 bits per heavy atom. The quantitative estimate of drug-likeness (QED) is 0.402. The molecule has 0 radical (unpaired) electrons. The molecule has 134 valence electrons. The number of pyridine rings is 1. The van der Waals surface area contributed by atoms with Crippen LogP contribution in [0, 0.1) is 0 Å². The second kappa shape index (κ2) is 5.70. The molecule has 0 fully saturated rings. The number of nitrogens with zero attached hydrogens (tertiary/aromatic N) is 1. The van der Waals surface area contributed by atoms with E-state index < -0.39 is 11.6 Å². The molecule has 1 aromatic carbocycles. The first kappa shape index (κ1) is 15.6. The first-order valence-electron chi connectivity index (χ1n) is 8.51. The summed E-state index contributed by atoms with van der Waals surface area (Å²) in [5, 5.41) is 0.718. The van der Waals surface area contributed by atoms with E-state index in [-0.39, 0.29) is 28.0 Å². The van der Waals surface area contributed by atoms with Gasteiger partial charge in [0.2, 0.25) is 5.76 Å². The first-order valence-corrected chi connectivity index (χ1v) is 8.51. The largest absolute Gasteiger partial charge is 0.457 e. The third-order valence-electron chi connectivity index (χ3n) is 4.77. The van der Waals surface area contributed by atoms with Crippen LogP contribution in [0.25, 0.3) is 21.9 Å². The minimum Gasteiger partial charge on any atom is -0.457 e. The molecule has 3 aromatic heterocycles. The first-order chi connectivity index (χ1) is 13.1. The van der Waals surface area contributed by atoms with Crippen molar-refractivity contribution in [3.63, 3.8) is 0 Å². The highest BCUT2D eigenvalue weighted by molar-refractivity contribution is 6.05. The van der Waals surface area contributed by atoms with E-state index in [1.165, 1.54) is 12.3 Å². The van der Waals surface area contributed by atoms with E-state index in [2.05, 4.69) is 0 Å². The van der Waals surface area contributed by atoms with Gasteiger partial charge in [-0.2, -0.15) is 0 Å². The summed E-state index contributed by atoms with van der Waals surface area (Å²) in [6, 6.07) is 9.61. The maximum absolute atomic E-state index is 13.1. The molecule has 5 rings (SSSR count). The smallest absolute Gasteiger partial charge is 0.379 e. The SMILES string of the molecule is O=C(Oc1cc(=O)oc2c1c(=O)n1c3c(cccc23)CCC1)c1ccco1. The van der Waals surface area contributed by atoms with Crippen LogP contribution in [0.3, 0.4) is 0 Å². The van der Waals surface area contributed by atoms with Crippen molar-refractivity contribution in [3.05, 3.63) is 74.8 Å². The van der Waals surface area contributed by atoms with Crippen molar-refractivity contribution in [2.24, 2.45) is 0 Å². The fourth-order valence-electron chi connectivity index (χ4n) is 3.66. The predicted molar refractivity (Wildman–Crippen MR) is 96.2 cm³/mol. The standard InChI is InChI=1S/C20H13NO6/c22-15-10-14(26-20(24)13-7-3-9-25-13)16-18(27-15)12-6-1-4-11-5-2-8-21(17(11)12)19(16)23/h1,3-4,6-7,9-10H,2,5,8H2. The molecular weight excluding hydrogens is 350 g/mol. The van der Waals surface area contributed by atoms with Gasteiger partial charge in [-0.05, 0) is 36.6 Å².